The number of thioether (sulfide) groups is 1. The summed E-state index contributed by atoms with van der Waals surface area (Å²) in [6.07, 6.45) is 1.82. The number of ketones is 1. The highest BCUT2D eigenvalue weighted by atomic mass is 32.2. The molecule has 1 fully saturated rings. The number of carboxylic acid groups (broad SMARTS) is 1. The van der Waals surface area contributed by atoms with Gasteiger partial charge in [0, 0.05) is 19.4 Å². The van der Waals surface area contributed by atoms with Gasteiger partial charge >= 0.3 is 5.97 Å². The highest BCUT2D eigenvalue weighted by molar-refractivity contribution is 8.26. The molecule has 7 nitrogen and oxygen atoms in total. The van der Waals surface area contributed by atoms with Crippen molar-refractivity contribution in [2.45, 2.75) is 19.8 Å². The molecule has 166 valence electrons. The number of amides is 1. The number of hydrogen-bond acceptors (Lipinski definition) is 7. The molecule has 1 saturated heterocycles. The average molecular weight is 472 g/mol. The zero-order chi connectivity index (χ0) is 23.3. The number of nitrogens with zero attached hydrogens (tertiary/aromatic N) is 1. The van der Waals surface area contributed by atoms with Crippen molar-refractivity contribution in [1.82, 2.24) is 4.90 Å². The highest BCUT2D eigenvalue weighted by Crippen LogP contribution is 2.33. The van der Waals surface area contributed by atoms with Crippen LogP contribution in [0.5, 0.6) is 11.5 Å². The van der Waals surface area contributed by atoms with Crippen molar-refractivity contribution in [3.05, 3.63) is 64.1 Å². The number of carbonyl (C=O) groups is 3. The van der Waals surface area contributed by atoms with Crippen LogP contribution in [0.25, 0.3) is 6.08 Å². The van der Waals surface area contributed by atoms with Crippen molar-refractivity contribution >= 4 is 52.0 Å². The molecule has 0 aliphatic carbocycles. The van der Waals surface area contributed by atoms with Crippen LogP contribution in [-0.2, 0) is 16.0 Å². The fourth-order valence-electron chi connectivity index (χ4n) is 3.09. The molecule has 2 aromatic rings. The van der Waals surface area contributed by atoms with E-state index in [4.69, 9.17) is 22.1 Å². The van der Waals surface area contributed by atoms with Gasteiger partial charge in [0.15, 0.2) is 0 Å². The minimum absolute atomic E-state index is 0.00261. The van der Waals surface area contributed by atoms with Crippen molar-refractivity contribution in [3.63, 3.8) is 0 Å². The van der Waals surface area contributed by atoms with Gasteiger partial charge in [0.25, 0.3) is 5.91 Å². The van der Waals surface area contributed by atoms with Crippen LogP contribution in [0.4, 0.5) is 0 Å². The summed E-state index contributed by atoms with van der Waals surface area (Å²) in [7, 11) is 0. The van der Waals surface area contributed by atoms with Crippen LogP contribution in [-0.4, -0.2) is 50.2 Å². The Kier molecular flexibility index (Phi) is 7.66. The number of benzene rings is 2. The van der Waals surface area contributed by atoms with E-state index in [0.717, 1.165) is 11.3 Å². The van der Waals surface area contributed by atoms with Gasteiger partial charge in [-0.25, -0.2) is 4.79 Å². The third kappa shape index (κ3) is 5.74. The maximum absolute atomic E-state index is 12.7. The Morgan fingerprint density at radius 2 is 1.91 bits per heavy atom. The van der Waals surface area contributed by atoms with Gasteiger partial charge in [0.05, 0.1) is 11.5 Å². The lowest BCUT2D eigenvalue weighted by Crippen LogP contribution is -2.30. The summed E-state index contributed by atoms with van der Waals surface area (Å²) < 4.78 is 5.80. The molecule has 3 rings (SSSR count). The Balaban J connectivity index is 1.60. The molecule has 2 N–H and O–H groups in total. The van der Waals surface area contributed by atoms with Crippen LogP contribution in [0, 0.1) is 0 Å². The summed E-state index contributed by atoms with van der Waals surface area (Å²) in [4.78, 5) is 38.1. The summed E-state index contributed by atoms with van der Waals surface area (Å²) in [6, 6.07) is 11.4. The first kappa shape index (κ1) is 23.5. The van der Waals surface area contributed by atoms with E-state index >= 15 is 0 Å². The van der Waals surface area contributed by atoms with Gasteiger partial charge in [-0.05, 0) is 48.4 Å². The topological polar surface area (TPSA) is 104 Å². The molecule has 0 unspecified atom stereocenters. The lowest BCUT2D eigenvalue weighted by molar-refractivity contribution is -0.123. The largest absolute Gasteiger partial charge is 0.507 e. The molecule has 1 aliphatic rings. The monoisotopic (exact) mass is 471 g/mol. The van der Waals surface area contributed by atoms with Crippen LogP contribution < -0.4 is 4.74 Å². The molecular formula is C23H21NO6S2. The molecule has 0 radical (unpaired) electrons. The Morgan fingerprint density at radius 1 is 1.19 bits per heavy atom. The molecule has 0 atom stereocenters. The molecule has 1 aliphatic heterocycles. The van der Waals surface area contributed by atoms with Crippen molar-refractivity contribution in [1.29, 1.82) is 0 Å². The second kappa shape index (κ2) is 10.4. The van der Waals surface area contributed by atoms with Crippen molar-refractivity contribution in [2.75, 3.05) is 13.2 Å². The molecule has 0 aromatic heterocycles. The van der Waals surface area contributed by atoms with Crippen LogP contribution in [0.15, 0.2) is 47.4 Å². The average Bonchev–Trinajstić information content (AvgIpc) is 3.02. The Morgan fingerprint density at radius 3 is 2.56 bits per heavy atom. The number of carbonyl (C=O) groups excluding carboxylic acids is 2. The minimum atomic E-state index is -1.27. The third-order valence-electron chi connectivity index (χ3n) is 4.67. The molecule has 0 spiro atoms. The number of phenols is 1. The number of thiocarbonyl (C=S) groups is 1. The summed E-state index contributed by atoms with van der Waals surface area (Å²) in [5.41, 5.74) is 1.06. The number of carboxylic acids is 1. The first-order valence-corrected chi connectivity index (χ1v) is 11.1. The fraction of sp³-hybridized carbons (Fsp3) is 0.217. The van der Waals surface area contributed by atoms with E-state index in [1.54, 1.807) is 6.08 Å². The molecule has 32 heavy (non-hydrogen) atoms. The van der Waals surface area contributed by atoms with Crippen molar-refractivity contribution in [2.24, 2.45) is 0 Å². The lowest BCUT2D eigenvalue weighted by atomic mass is 10.0. The SMILES string of the molecule is CCOc1ccc(/C=C2\SC(=S)N(CCC(=O)Cc3ccc(O)c(C(=O)O)c3)C2=O)cc1. The summed E-state index contributed by atoms with van der Waals surface area (Å²) >= 11 is 6.50. The second-order valence-electron chi connectivity index (χ2n) is 6.96. The van der Waals surface area contributed by atoms with E-state index in [2.05, 4.69) is 0 Å². The molecule has 2 aromatic carbocycles. The summed E-state index contributed by atoms with van der Waals surface area (Å²) in [5.74, 6) is -1.30. The molecule has 1 heterocycles. The van der Waals surface area contributed by atoms with Gasteiger partial charge in [0.1, 0.15) is 27.2 Å². The summed E-state index contributed by atoms with van der Waals surface area (Å²) in [5, 5.41) is 18.7. The number of rotatable bonds is 9. The minimum Gasteiger partial charge on any atom is -0.507 e. The van der Waals surface area contributed by atoms with E-state index in [-0.39, 0.29) is 42.4 Å². The number of Topliss-reactive ketones (excluding diaryl/α,β-unsaturated/α-hetero) is 1. The zero-order valence-electron chi connectivity index (χ0n) is 17.2. The summed E-state index contributed by atoms with van der Waals surface area (Å²) in [6.45, 7) is 2.63. The number of hydrogen-bond donors (Lipinski definition) is 2. The van der Waals surface area contributed by atoms with Gasteiger partial charge in [0.2, 0.25) is 0 Å². The number of aromatic carboxylic acids is 1. The standard InChI is InChI=1S/C23H21NO6S2/c1-2-30-17-6-3-14(4-7-17)13-20-21(27)24(23(31)32-20)10-9-16(25)11-15-5-8-19(26)18(12-15)22(28)29/h3-8,12-13,26H,2,9-11H2,1H3,(H,28,29)/b20-13-. The maximum atomic E-state index is 12.7. The lowest BCUT2D eigenvalue weighted by Gasteiger charge is -2.13. The van der Waals surface area contributed by atoms with E-state index in [1.807, 2.05) is 31.2 Å². The van der Waals surface area contributed by atoms with E-state index in [1.165, 1.54) is 34.9 Å². The van der Waals surface area contributed by atoms with Crippen LogP contribution >= 0.6 is 24.0 Å². The molecular weight excluding hydrogens is 450 g/mol. The normalized spacial score (nSPS) is 14.8. The van der Waals surface area contributed by atoms with Gasteiger partial charge in [-0.15, -0.1) is 0 Å². The molecule has 0 saturated carbocycles. The smallest absolute Gasteiger partial charge is 0.339 e. The molecule has 9 heteroatoms. The highest BCUT2D eigenvalue weighted by Gasteiger charge is 2.32. The van der Waals surface area contributed by atoms with Gasteiger partial charge in [-0.3, -0.25) is 14.5 Å². The van der Waals surface area contributed by atoms with E-state index in [9.17, 15) is 19.5 Å². The van der Waals surface area contributed by atoms with Crippen molar-refractivity contribution in [3.8, 4) is 11.5 Å². The van der Waals surface area contributed by atoms with Gasteiger partial charge in [-0.1, -0.05) is 42.2 Å². The van der Waals surface area contributed by atoms with Crippen LogP contribution in [0.1, 0.15) is 34.8 Å². The second-order valence-corrected chi connectivity index (χ2v) is 8.63. The van der Waals surface area contributed by atoms with Gasteiger partial charge < -0.3 is 14.9 Å². The van der Waals surface area contributed by atoms with Crippen LogP contribution in [0.3, 0.4) is 0 Å². The number of ether oxygens (including phenoxy) is 1. The van der Waals surface area contributed by atoms with Crippen molar-refractivity contribution < 1.29 is 29.3 Å². The quantitative estimate of drug-likeness (QED) is 0.419. The Labute approximate surface area is 194 Å². The molecule has 0 bridgehead atoms. The predicted octanol–water partition coefficient (Wildman–Crippen LogP) is 3.89. The fourth-order valence-corrected chi connectivity index (χ4v) is 4.40. The molecule has 1 amide bonds. The van der Waals surface area contributed by atoms with E-state index in [0.29, 0.717) is 21.4 Å². The zero-order valence-corrected chi connectivity index (χ0v) is 18.9. The predicted molar refractivity (Wildman–Crippen MR) is 126 cm³/mol. The number of aromatic hydroxyl groups is 1. The Hall–Kier alpha value is -3.17. The first-order chi connectivity index (χ1) is 15.3. The Bertz CT molecular complexity index is 1090. The van der Waals surface area contributed by atoms with Crippen LogP contribution in [0.2, 0.25) is 0 Å². The van der Waals surface area contributed by atoms with Gasteiger partial charge in [-0.2, -0.15) is 0 Å². The third-order valence-corrected chi connectivity index (χ3v) is 6.05. The van der Waals surface area contributed by atoms with E-state index < -0.39 is 5.97 Å². The first-order valence-electron chi connectivity index (χ1n) is 9.83. The maximum Gasteiger partial charge on any atom is 0.339 e.